The Balaban J connectivity index is 0.000000131. The van der Waals surface area contributed by atoms with Crippen LogP contribution in [0, 0.1) is 27.7 Å². The summed E-state index contributed by atoms with van der Waals surface area (Å²) >= 11 is 0. The molecule has 3 aromatic heterocycles. The first-order valence-corrected chi connectivity index (χ1v) is 7.49. The molecule has 3 nitrogen and oxygen atoms in total. The number of fused-ring (bicyclic) bond motifs is 2. The zero-order chi connectivity index (χ0) is 15.7. The first kappa shape index (κ1) is 14.4. The van der Waals surface area contributed by atoms with Crippen LogP contribution in [0.2, 0.25) is 0 Å². The van der Waals surface area contributed by atoms with Crippen molar-refractivity contribution in [1.82, 2.24) is 15.0 Å². The van der Waals surface area contributed by atoms with Gasteiger partial charge in [-0.05, 0) is 69.0 Å². The van der Waals surface area contributed by atoms with Gasteiger partial charge in [0, 0.05) is 28.5 Å². The molecule has 1 aromatic carbocycles. The third kappa shape index (κ3) is 3.03. The molecule has 4 rings (SSSR count). The average Bonchev–Trinajstić information content (AvgIpc) is 2.99. The van der Waals surface area contributed by atoms with Crippen molar-refractivity contribution in [2.45, 2.75) is 27.7 Å². The van der Waals surface area contributed by atoms with Crippen LogP contribution in [0.1, 0.15) is 22.5 Å². The van der Waals surface area contributed by atoms with Gasteiger partial charge in [0.05, 0.1) is 0 Å². The molecule has 0 aliphatic carbocycles. The summed E-state index contributed by atoms with van der Waals surface area (Å²) in [6.45, 7) is 8.28. The monoisotopic (exact) mass is 291 g/mol. The number of benzene rings is 1. The minimum atomic E-state index is 0.980. The van der Waals surface area contributed by atoms with E-state index in [0.29, 0.717) is 0 Å². The second kappa shape index (κ2) is 5.68. The molecule has 22 heavy (non-hydrogen) atoms. The van der Waals surface area contributed by atoms with E-state index in [-0.39, 0.29) is 0 Å². The highest BCUT2D eigenvalue weighted by atomic mass is 14.8. The Kier molecular flexibility index (Phi) is 3.72. The molecule has 112 valence electrons. The van der Waals surface area contributed by atoms with Gasteiger partial charge < -0.3 is 9.97 Å². The molecule has 0 atom stereocenters. The van der Waals surface area contributed by atoms with Gasteiger partial charge >= 0.3 is 0 Å². The Hall–Kier alpha value is -2.55. The van der Waals surface area contributed by atoms with Crippen molar-refractivity contribution in [1.29, 1.82) is 0 Å². The molecular formula is C19H21N3. The first-order chi connectivity index (χ1) is 10.5. The minimum absolute atomic E-state index is 0.980. The Morgan fingerprint density at radius 1 is 0.727 bits per heavy atom. The lowest BCUT2D eigenvalue weighted by Gasteiger charge is -1.90. The molecule has 0 spiro atoms. The van der Waals surface area contributed by atoms with Crippen LogP contribution < -0.4 is 0 Å². The number of H-pyrrole nitrogens is 2. The fraction of sp³-hybridized carbons (Fsp3) is 0.211. The van der Waals surface area contributed by atoms with Gasteiger partial charge in [0.1, 0.15) is 5.65 Å². The lowest BCUT2D eigenvalue weighted by atomic mass is 10.2. The third-order valence-corrected chi connectivity index (χ3v) is 3.65. The number of aromatic amines is 2. The van der Waals surface area contributed by atoms with Crippen molar-refractivity contribution in [3.05, 3.63) is 65.1 Å². The van der Waals surface area contributed by atoms with E-state index in [1.807, 2.05) is 13.1 Å². The van der Waals surface area contributed by atoms with Gasteiger partial charge in [0.25, 0.3) is 0 Å². The highest BCUT2D eigenvalue weighted by Crippen LogP contribution is 2.16. The van der Waals surface area contributed by atoms with E-state index in [1.54, 1.807) is 0 Å². The second-order valence-corrected chi connectivity index (χ2v) is 5.95. The summed E-state index contributed by atoms with van der Waals surface area (Å²) in [4.78, 5) is 10.7. The molecule has 0 bridgehead atoms. The summed E-state index contributed by atoms with van der Waals surface area (Å²) in [5.74, 6) is 0. The summed E-state index contributed by atoms with van der Waals surface area (Å²) in [5.41, 5.74) is 7.12. The number of aromatic nitrogens is 3. The van der Waals surface area contributed by atoms with Crippen LogP contribution in [-0.2, 0) is 0 Å². The average molecular weight is 291 g/mol. The largest absolute Gasteiger partial charge is 0.359 e. The van der Waals surface area contributed by atoms with Crippen molar-refractivity contribution in [3.8, 4) is 0 Å². The Morgan fingerprint density at radius 3 is 2.23 bits per heavy atom. The zero-order valence-corrected chi connectivity index (χ0v) is 13.5. The number of aryl methyl sites for hydroxylation is 4. The van der Waals surface area contributed by atoms with Crippen LogP contribution in [0.25, 0.3) is 21.9 Å². The smallest absolute Gasteiger partial charge is 0.137 e. The molecule has 0 aliphatic heterocycles. The minimum Gasteiger partial charge on any atom is -0.359 e. The van der Waals surface area contributed by atoms with Crippen LogP contribution in [0.3, 0.4) is 0 Å². The molecule has 2 N–H and O–H groups in total. The summed E-state index contributed by atoms with van der Waals surface area (Å²) in [6, 6.07) is 12.8. The van der Waals surface area contributed by atoms with E-state index in [0.717, 1.165) is 11.3 Å². The molecule has 0 saturated heterocycles. The molecule has 0 aliphatic rings. The number of hydrogen-bond acceptors (Lipinski definition) is 1. The molecule has 0 unspecified atom stereocenters. The first-order valence-electron chi connectivity index (χ1n) is 7.49. The molecular weight excluding hydrogens is 270 g/mol. The van der Waals surface area contributed by atoms with Crippen LogP contribution in [0.15, 0.2) is 42.6 Å². The van der Waals surface area contributed by atoms with Gasteiger partial charge in [-0.15, -0.1) is 0 Å². The van der Waals surface area contributed by atoms with E-state index in [2.05, 4.69) is 72.1 Å². The van der Waals surface area contributed by atoms with Gasteiger partial charge in [-0.1, -0.05) is 11.6 Å². The maximum absolute atomic E-state index is 4.25. The fourth-order valence-corrected chi connectivity index (χ4v) is 2.66. The second-order valence-electron chi connectivity index (χ2n) is 5.95. The lowest BCUT2D eigenvalue weighted by molar-refractivity contribution is 1.24. The van der Waals surface area contributed by atoms with Gasteiger partial charge in [-0.3, -0.25) is 0 Å². The number of rotatable bonds is 0. The summed E-state index contributed by atoms with van der Waals surface area (Å²) in [6.07, 6.45) is 1.87. The third-order valence-electron chi connectivity index (χ3n) is 3.65. The van der Waals surface area contributed by atoms with E-state index >= 15 is 0 Å². The molecule has 4 aromatic rings. The molecule has 3 heterocycles. The number of nitrogens with zero attached hydrogens (tertiary/aromatic N) is 1. The Bertz CT molecular complexity index is 850. The molecule has 0 saturated carbocycles. The maximum atomic E-state index is 4.25. The van der Waals surface area contributed by atoms with Gasteiger partial charge in [-0.2, -0.15) is 0 Å². The molecule has 3 heteroatoms. The Labute approximate surface area is 130 Å². The zero-order valence-electron chi connectivity index (χ0n) is 13.5. The van der Waals surface area contributed by atoms with Gasteiger partial charge in [0.15, 0.2) is 0 Å². The highest BCUT2D eigenvalue weighted by Gasteiger charge is 1.97. The maximum Gasteiger partial charge on any atom is 0.137 e. The standard InChI is InChI=1S/C10H11N.C9H10N2/c1-7-3-4-10-9(5-7)6-8(2)11-10;1-6-3-8-4-7(2)11-9(8)10-5-6/h3-6,11H,1-2H3;3-5H,1-2H3,(H,10,11). The summed E-state index contributed by atoms with van der Waals surface area (Å²) < 4.78 is 0. The topological polar surface area (TPSA) is 44.5 Å². The van der Waals surface area contributed by atoms with Crippen molar-refractivity contribution in [3.63, 3.8) is 0 Å². The van der Waals surface area contributed by atoms with Crippen molar-refractivity contribution in [2.24, 2.45) is 0 Å². The normalized spacial score (nSPS) is 10.7. The van der Waals surface area contributed by atoms with Crippen LogP contribution >= 0.6 is 0 Å². The predicted octanol–water partition coefficient (Wildman–Crippen LogP) is 4.96. The van der Waals surface area contributed by atoms with E-state index < -0.39 is 0 Å². The van der Waals surface area contributed by atoms with Crippen LogP contribution in [-0.4, -0.2) is 15.0 Å². The van der Waals surface area contributed by atoms with E-state index in [9.17, 15) is 0 Å². The van der Waals surface area contributed by atoms with Crippen LogP contribution in [0.5, 0.6) is 0 Å². The van der Waals surface area contributed by atoms with E-state index in [4.69, 9.17) is 0 Å². The highest BCUT2D eigenvalue weighted by molar-refractivity contribution is 5.81. The van der Waals surface area contributed by atoms with Gasteiger partial charge in [-0.25, -0.2) is 4.98 Å². The fourth-order valence-electron chi connectivity index (χ4n) is 2.66. The van der Waals surface area contributed by atoms with Crippen molar-refractivity contribution >= 4 is 21.9 Å². The number of pyridine rings is 1. The Morgan fingerprint density at radius 2 is 1.41 bits per heavy atom. The molecule has 0 fully saturated rings. The molecule has 0 amide bonds. The quantitative estimate of drug-likeness (QED) is 0.472. The summed E-state index contributed by atoms with van der Waals surface area (Å²) in [5, 5.41) is 2.50. The molecule has 0 radical (unpaired) electrons. The summed E-state index contributed by atoms with van der Waals surface area (Å²) in [7, 11) is 0. The SMILES string of the molecule is Cc1ccc2[nH]c(C)cc2c1.Cc1cnc2[nH]c(C)cc2c1. The lowest BCUT2D eigenvalue weighted by Crippen LogP contribution is -1.77. The van der Waals surface area contributed by atoms with Crippen LogP contribution in [0.4, 0.5) is 0 Å². The van der Waals surface area contributed by atoms with Gasteiger partial charge in [0.2, 0.25) is 0 Å². The van der Waals surface area contributed by atoms with Crippen molar-refractivity contribution in [2.75, 3.05) is 0 Å². The number of nitrogens with one attached hydrogen (secondary N) is 2. The predicted molar refractivity (Wildman–Crippen MR) is 93.3 cm³/mol. The number of hydrogen-bond donors (Lipinski definition) is 2. The van der Waals surface area contributed by atoms with Crippen molar-refractivity contribution < 1.29 is 0 Å². The van der Waals surface area contributed by atoms with E-state index in [1.165, 1.54) is 33.1 Å².